The van der Waals surface area contributed by atoms with Crippen LogP contribution in [-0.2, 0) is 39.7 Å². The van der Waals surface area contributed by atoms with Crippen molar-refractivity contribution in [3.05, 3.63) is 59.7 Å². The number of carbonyl (C=O) groups excluding carboxylic acids is 5. The normalized spacial score (nSPS) is 22.6. The number of hydrogen-bond acceptors (Lipinski definition) is 10. The fourth-order valence-electron chi connectivity index (χ4n) is 9.82. The summed E-state index contributed by atoms with van der Waals surface area (Å²) in [6.07, 6.45) is 7.13. The lowest BCUT2D eigenvalue weighted by molar-refractivity contribution is -0.199. The molecule has 2 aromatic carbocycles. The van der Waals surface area contributed by atoms with Crippen molar-refractivity contribution < 1.29 is 43.2 Å². The molecule has 0 spiro atoms. The second-order valence-corrected chi connectivity index (χ2v) is 19.4. The topological polar surface area (TPSA) is 253 Å². The maximum absolute atomic E-state index is 13.8. The van der Waals surface area contributed by atoms with Crippen LogP contribution in [0.25, 0.3) is 11.1 Å². The lowest BCUT2D eigenvalue weighted by Crippen LogP contribution is -2.65. The predicted molar refractivity (Wildman–Crippen MR) is 254 cm³/mol. The second-order valence-electron chi connectivity index (χ2n) is 19.4. The zero-order valence-corrected chi connectivity index (χ0v) is 39.8. The van der Waals surface area contributed by atoms with E-state index in [-0.39, 0.29) is 30.8 Å². The van der Waals surface area contributed by atoms with Crippen LogP contribution in [0.4, 0.5) is 0 Å². The number of aryl methyl sites for hydroxylation is 1. The van der Waals surface area contributed by atoms with E-state index in [0.29, 0.717) is 56.2 Å². The molecule has 66 heavy (non-hydrogen) atoms. The second kappa shape index (κ2) is 23.8. The number of unbranched alkanes of at least 4 members (excludes halogenated alkanes) is 3. The predicted octanol–water partition coefficient (Wildman–Crippen LogP) is 4.16. The van der Waals surface area contributed by atoms with Gasteiger partial charge in [-0.05, 0) is 151 Å². The van der Waals surface area contributed by atoms with E-state index in [1.807, 2.05) is 19.1 Å². The van der Waals surface area contributed by atoms with Gasteiger partial charge in [0.15, 0.2) is 0 Å². The van der Waals surface area contributed by atoms with Crippen molar-refractivity contribution in [1.82, 2.24) is 26.6 Å². The standard InChI is InChI=1S/C49H74BN7O9/c1-7-8-13-32-16-18-33(19-17-32)34-20-22-35(23-21-34)44(61)56-38(15-10-12-27-52)47(64)57-39(24-25-42(58)59)45(62)53-30(2)43(60)55-37(14-9-11-26-51)46(63)54-31(3)50-65-41-29-36-28-40(48(36,4)5)49(41,6)66-50/h16-23,30-31,36-41H,7-15,24-29,51-52H2,1-6H3,(H,53,62)(H,54,63)(H,55,60)(H,56,61)(H,57,64)(H,58,59)/t30-,31-,36-,37-,38-,39-,40-,41?,49-/m0/s1. The highest BCUT2D eigenvalue weighted by atomic mass is 16.7. The van der Waals surface area contributed by atoms with Crippen LogP contribution in [0.1, 0.15) is 135 Å². The Hall–Kier alpha value is -4.84. The van der Waals surface area contributed by atoms with Gasteiger partial charge in [0.05, 0.1) is 17.6 Å². The molecule has 16 nitrogen and oxygen atoms in total. The van der Waals surface area contributed by atoms with E-state index in [4.69, 9.17) is 20.8 Å². The van der Waals surface area contributed by atoms with Gasteiger partial charge >= 0.3 is 13.1 Å². The molecule has 0 aromatic heterocycles. The third kappa shape index (κ3) is 13.2. The Morgan fingerprint density at radius 1 is 0.712 bits per heavy atom. The Morgan fingerprint density at radius 2 is 1.26 bits per heavy atom. The Balaban J connectivity index is 1.20. The van der Waals surface area contributed by atoms with Crippen LogP contribution in [-0.4, -0.2) is 103 Å². The SMILES string of the molecule is CCCCc1ccc(-c2ccc(C(=O)N[C@@H](CCCCN)C(=O)N[C@@H](CCC(=O)O)C(=O)N[C@@H](C)C(=O)N[C@@H](CCCCN)C(=O)N[C@@H](C)B3OC4C[C@@H]5C[C@@H](C5(C)C)[C@]4(C)O3)cc2)cc1. The van der Waals surface area contributed by atoms with Gasteiger partial charge < -0.3 is 52.5 Å². The summed E-state index contributed by atoms with van der Waals surface area (Å²) >= 11 is 0. The summed E-state index contributed by atoms with van der Waals surface area (Å²) in [5.74, 6) is -3.93. The summed E-state index contributed by atoms with van der Waals surface area (Å²) in [6.45, 7) is 12.8. The smallest absolute Gasteiger partial charge is 0.481 e. The molecular formula is C49H74BN7O9. The molecule has 1 aliphatic heterocycles. The first kappa shape index (κ1) is 52.1. The largest absolute Gasteiger partial charge is 0.481 e. The van der Waals surface area contributed by atoms with Gasteiger partial charge in [-0.3, -0.25) is 28.8 Å². The Kier molecular flexibility index (Phi) is 18.8. The fourth-order valence-corrected chi connectivity index (χ4v) is 9.82. The number of hydrogen-bond donors (Lipinski definition) is 8. The number of nitrogens with two attached hydrogens (primary N) is 2. The molecule has 362 valence electrons. The van der Waals surface area contributed by atoms with E-state index >= 15 is 0 Å². The molecule has 3 aliphatic carbocycles. The number of nitrogens with one attached hydrogen (secondary N) is 5. The molecule has 1 saturated heterocycles. The number of carboxylic acid groups (broad SMARTS) is 1. The highest BCUT2D eigenvalue weighted by Crippen LogP contribution is 2.65. The average molecular weight is 916 g/mol. The molecule has 1 heterocycles. The van der Waals surface area contributed by atoms with Crippen molar-refractivity contribution in [1.29, 1.82) is 0 Å². The van der Waals surface area contributed by atoms with Crippen LogP contribution in [0.15, 0.2) is 48.5 Å². The molecule has 10 N–H and O–H groups in total. The van der Waals surface area contributed by atoms with E-state index in [1.54, 1.807) is 12.1 Å². The number of benzene rings is 2. The lowest BCUT2D eigenvalue weighted by Gasteiger charge is -2.64. The third-order valence-corrected chi connectivity index (χ3v) is 14.2. The van der Waals surface area contributed by atoms with E-state index < -0.39 is 84.8 Å². The number of aliphatic carboxylic acids is 1. The van der Waals surface area contributed by atoms with E-state index in [0.717, 1.165) is 43.2 Å². The van der Waals surface area contributed by atoms with Crippen molar-refractivity contribution in [2.45, 2.75) is 167 Å². The minimum atomic E-state index is -1.37. The van der Waals surface area contributed by atoms with Crippen molar-refractivity contribution in [3.63, 3.8) is 0 Å². The monoisotopic (exact) mass is 916 g/mol. The number of amides is 5. The van der Waals surface area contributed by atoms with Gasteiger partial charge in [0.2, 0.25) is 23.6 Å². The molecular weight excluding hydrogens is 841 g/mol. The highest BCUT2D eigenvalue weighted by Gasteiger charge is 2.68. The van der Waals surface area contributed by atoms with Crippen LogP contribution < -0.4 is 38.1 Å². The summed E-state index contributed by atoms with van der Waals surface area (Å²) in [5.41, 5.74) is 14.7. The van der Waals surface area contributed by atoms with Crippen molar-refractivity contribution in [2.24, 2.45) is 28.7 Å². The zero-order chi connectivity index (χ0) is 48.2. The van der Waals surface area contributed by atoms with Crippen LogP contribution in [0.2, 0.25) is 0 Å². The van der Waals surface area contributed by atoms with Gasteiger partial charge in [0.1, 0.15) is 24.2 Å². The molecule has 4 fully saturated rings. The van der Waals surface area contributed by atoms with E-state index in [1.165, 1.54) is 12.5 Å². The lowest BCUT2D eigenvalue weighted by atomic mass is 9.43. The molecule has 2 bridgehead atoms. The van der Waals surface area contributed by atoms with Crippen LogP contribution >= 0.6 is 0 Å². The molecule has 4 aliphatic rings. The number of carboxylic acids is 1. The minimum Gasteiger partial charge on any atom is -0.481 e. The quantitative estimate of drug-likeness (QED) is 0.0491. The molecule has 0 radical (unpaired) electrons. The summed E-state index contributed by atoms with van der Waals surface area (Å²) in [7, 11) is -0.667. The Bertz CT molecular complexity index is 1990. The maximum atomic E-state index is 13.8. The highest BCUT2D eigenvalue weighted by molar-refractivity contribution is 6.47. The molecule has 2 aromatic rings. The Morgan fingerprint density at radius 3 is 1.83 bits per heavy atom. The summed E-state index contributed by atoms with van der Waals surface area (Å²) in [6, 6.07) is 10.7. The maximum Gasteiger partial charge on any atom is 0.481 e. The van der Waals surface area contributed by atoms with Crippen LogP contribution in [0.5, 0.6) is 0 Å². The van der Waals surface area contributed by atoms with Gasteiger partial charge in [-0.25, -0.2) is 0 Å². The van der Waals surface area contributed by atoms with Gasteiger partial charge in [-0.2, -0.15) is 0 Å². The van der Waals surface area contributed by atoms with Crippen molar-refractivity contribution in [3.8, 4) is 11.1 Å². The molecule has 5 amide bonds. The first-order valence-electron chi connectivity index (χ1n) is 24.1. The van der Waals surface area contributed by atoms with Crippen LogP contribution in [0.3, 0.4) is 0 Å². The fraction of sp³-hybridized carbons (Fsp3) is 0.633. The average Bonchev–Trinajstić information content (AvgIpc) is 3.66. The van der Waals surface area contributed by atoms with Crippen LogP contribution in [0, 0.1) is 17.3 Å². The van der Waals surface area contributed by atoms with E-state index in [2.05, 4.69) is 78.5 Å². The van der Waals surface area contributed by atoms with Gasteiger partial charge in [0.25, 0.3) is 5.91 Å². The van der Waals surface area contributed by atoms with Gasteiger partial charge in [-0.1, -0.05) is 63.6 Å². The summed E-state index contributed by atoms with van der Waals surface area (Å²) < 4.78 is 12.9. The summed E-state index contributed by atoms with van der Waals surface area (Å²) in [4.78, 5) is 80.2. The van der Waals surface area contributed by atoms with Crippen molar-refractivity contribution >= 4 is 42.6 Å². The first-order valence-corrected chi connectivity index (χ1v) is 24.1. The third-order valence-electron chi connectivity index (χ3n) is 14.2. The number of rotatable bonds is 26. The zero-order valence-electron chi connectivity index (χ0n) is 39.8. The molecule has 17 heteroatoms. The van der Waals surface area contributed by atoms with Gasteiger partial charge in [0, 0.05) is 12.0 Å². The molecule has 1 unspecified atom stereocenters. The summed E-state index contributed by atoms with van der Waals surface area (Å²) in [5, 5.41) is 23.3. The minimum absolute atomic E-state index is 0.0689. The van der Waals surface area contributed by atoms with E-state index in [9.17, 15) is 33.9 Å². The number of carbonyl (C=O) groups is 6. The Labute approximate surface area is 390 Å². The molecule has 3 saturated carbocycles. The van der Waals surface area contributed by atoms with Gasteiger partial charge in [-0.15, -0.1) is 0 Å². The first-order chi connectivity index (χ1) is 31.4. The molecule has 9 atom stereocenters. The molecule has 6 rings (SSSR count). The van der Waals surface area contributed by atoms with Crippen molar-refractivity contribution in [2.75, 3.05) is 13.1 Å².